The third-order valence-corrected chi connectivity index (χ3v) is 11.3. The van der Waals surface area contributed by atoms with Gasteiger partial charge in [0.15, 0.2) is 0 Å². The molecule has 0 aliphatic carbocycles. The average Bonchev–Trinajstić information content (AvgIpc) is 3.20. The van der Waals surface area contributed by atoms with Gasteiger partial charge in [0, 0.05) is 0 Å². The number of carboxylic acids is 2. The molecule has 66 heavy (non-hydrogen) atoms. The van der Waals surface area contributed by atoms with E-state index in [4.69, 9.17) is 30.2 Å². The number of aromatic carboxylic acids is 2. The smallest absolute Gasteiger partial charge is 0.669 e. The maximum absolute atomic E-state index is 12.6. The number of hydrogen-bond donors (Lipinski definition) is 10. The van der Waals surface area contributed by atoms with Crippen molar-refractivity contribution in [3.05, 3.63) is 106 Å². The van der Waals surface area contributed by atoms with Crippen molar-refractivity contribution in [2.45, 2.75) is 62.6 Å². The number of benzene rings is 4. The molecule has 8 rings (SSSR count). The number of carboxylic acid groups (broad SMARTS) is 2. The first-order valence-corrected chi connectivity index (χ1v) is 20.6. The Morgan fingerprint density at radius 2 is 0.924 bits per heavy atom. The molecule has 0 saturated carbocycles. The summed E-state index contributed by atoms with van der Waals surface area (Å²) in [5, 5.41) is 77.3. The van der Waals surface area contributed by atoms with Gasteiger partial charge in [-0.2, -0.15) is 0 Å². The Hall–Kier alpha value is -4.55. The number of rotatable bonds is 12. The first-order valence-electron chi connectivity index (χ1n) is 20.6. The molecule has 12 N–H and O–H groups in total. The predicted octanol–water partition coefficient (Wildman–Crippen LogP) is -5.78. The number of ether oxygens (including phenoxy) is 2. The zero-order chi connectivity index (χ0) is 46.1. The van der Waals surface area contributed by atoms with E-state index in [-0.39, 0.29) is 168 Å². The van der Waals surface area contributed by atoms with E-state index >= 15 is 0 Å². The van der Waals surface area contributed by atoms with Crippen LogP contribution >= 0.6 is 0 Å². The number of amides is 2. The molecule has 4 aromatic rings. The molecule has 2 unspecified atom stereocenters. The van der Waals surface area contributed by atoms with Crippen LogP contribution in [0.2, 0.25) is 12.6 Å². The summed E-state index contributed by atoms with van der Waals surface area (Å²) >= 11 is 0. The molecule has 0 aromatic heterocycles. The molecule has 4 aromatic carbocycles. The van der Waals surface area contributed by atoms with E-state index in [1.54, 1.807) is 36.4 Å². The van der Waals surface area contributed by atoms with Crippen LogP contribution in [0.25, 0.3) is 0 Å². The van der Waals surface area contributed by atoms with Gasteiger partial charge in [0.2, 0.25) is 11.8 Å². The van der Waals surface area contributed by atoms with Gasteiger partial charge < -0.3 is 80.6 Å². The number of nitrogens with two attached hydrogens (primary N) is 2. The van der Waals surface area contributed by atoms with E-state index in [1.165, 1.54) is 46.2 Å². The van der Waals surface area contributed by atoms with Gasteiger partial charge in [-0.3, -0.25) is 9.59 Å². The molecule has 20 nitrogen and oxygen atoms in total. The van der Waals surface area contributed by atoms with Crippen molar-refractivity contribution in [3.8, 4) is 34.5 Å². The van der Waals surface area contributed by atoms with Crippen LogP contribution in [0.5, 0.6) is 34.5 Å². The van der Waals surface area contributed by atoms with Crippen LogP contribution in [0.1, 0.15) is 43.0 Å². The van der Waals surface area contributed by atoms with Crippen molar-refractivity contribution in [2.75, 3.05) is 26.2 Å². The van der Waals surface area contributed by atoms with E-state index in [0.717, 1.165) is 11.1 Å². The zero-order valence-corrected chi connectivity index (χ0v) is 40.4. The van der Waals surface area contributed by atoms with Crippen LogP contribution < -0.4 is 89.4 Å². The van der Waals surface area contributed by atoms with E-state index in [2.05, 4.69) is 0 Å². The van der Waals surface area contributed by atoms with Crippen LogP contribution in [-0.2, 0) is 35.3 Å². The van der Waals surface area contributed by atoms with Gasteiger partial charge in [-0.25, -0.2) is 9.59 Å². The van der Waals surface area contributed by atoms with Crippen molar-refractivity contribution in [1.82, 2.24) is 9.80 Å². The largest absolute Gasteiger partial charge is 1.00 e. The van der Waals surface area contributed by atoms with Gasteiger partial charge in [-0.1, -0.05) is 49.0 Å². The number of phenols is 2. The summed E-state index contributed by atoms with van der Waals surface area (Å²) in [6, 6.07) is 17.7. The maximum atomic E-state index is 12.6. The fourth-order valence-corrected chi connectivity index (χ4v) is 7.82. The summed E-state index contributed by atoms with van der Waals surface area (Å²) in [5.41, 5.74) is 14.3. The average molecular weight is 932 g/mol. The third-order valence-electron chi connectivity index (χ3n) is 11.3. The molecule has 0 spiro atoms. The maximum Gasteiger partial charge on any atom is 1.00 e. The summed E-state index contributed by atoms with van der Waals surface area (Å²) < 4.78 is 21.9. The number of aromatic hydroxyl groups is 2. The molecule has 4 aliphatic rings. The first-order chi connectivity index (χ1) is 30.3. The van der Waals surface area contributed by atoms with Gasteiger partial charge in [0.25, 0.3) is 0 Å². The monoisotopic (exact) mass is 932 g/mol. The molecule has 340 valence electrons. The van der Waals surface area contributed by atoms with Crippen LogP contribution in [-0.4, -0.2) is 138 Å². The van der Waals surface area contributed by atoms with Crippen LogP contribution in [0, 0.1) is 0 Å². The second-order valence-electron chi connectivity index (χ2n) is 16.4. The molecule has 0 radical (unpaired) electrons. The molecule has 2 fully saturated rings. The van der Waals surface area contributed by atoms with Gasteiger partial charge in [-0.05, 0) is 84.3 Å². The molecule has 2 amide bonds. The SMILES string of the molecule is NC(Cc1ccc(O)cc1)C(=O)N1CC(Oc2ccc3c(c2C(=O)O)O[B-](O)(O)CC3)C1.NC(Cc1ccc(O)cc1)C(=O)N1CC(Oc2ccc3c(c2C(=O)O)O[B-](O)(O)CC3)C1.[Na+].[Na+]. The van der Waals surface area contributed by atoms with E-state index in [0.29, 0.717) is 24.0 Å². The van der Waals surface area contributed by atoms with Gasteiger partial charge in [0.05, 0.1) is 49.8 Å². The van der Waals surface area contributed by atoms with E-state index < -0.39 is 49.7 Å². The van der Waals surface area contributed by atoms with Gasteiger partial charge in [-0.15, -0.1) is 0 Å². The van der Waals surface area contributed by atoms with Crippen LogP contribution in [0.3, 0.4) is 0 Å². The van der Waals surface area contributed by atoms with Gasteiger partial charge >= 0.3 is 84.6 Å². The van der Waals surface area contributed by atoms with Gasteiger partial charge in [0.1, 0.15) is 46.3 Å². The van der Waals surface area contributed by atoms with Crippen molar-refractivity contribution >= 4 is 37.3 Å². The Morgan fingerprint density at radius 1 is 0.591 bits per heavy atom. The van der Waals surface area contributed by atoms with Crippen LogP contribution in [0.4, 0.5) is 0 Å². The number of carbonyl (C=O) groups is 4. The van der Waals surface area contributed by atoms with Crippen molar-refractivity contribution < 1.29 is 138 Å². The number of nitrogens with zero attached hydrogens (tertiary/aromatic N) is 2. The number of carbonyl (C=O) groups excluding carboxylic acids is 2. The van der Waals surface area contributed by atoms with Crippen molar-refractivity contribution in [1.29, 1.82) is 0 Å². The quantitative estimate of drug-likeness (QED) is 0.0592. The Balaban J connectivity index is 0.000000240. The minimum absolute atomic E-state index is 0. The molecule has 24 heteroatoms. The van der Waals surface area contributed by atoms with E-state index in [9.17, 15) is 59.7 Å². The fraction of sp³-hybridized carbons (Fsp3) is 0.333. The second kappa shape index (κ2) is 21.6. The van der Waals surface area contributed by atoms with E-state index in [1.807, 2.05) is 0 Å². The zero-order valence-electron chi connectivity index (χ0n) is 36.4. The minimum Gasteiger partial charge on any atom is -0.669 e. The third kappa shape index (κ3) is 12.5. The number of likely N-dealkylation sites (tertiary alicyclic amines) is 2. The Kier molecular flexibility index (Phi) is 17.2. The Bertz CT molecular complexity index is 2250. The molecule has 2 saturated heterocycles. The summed E-state index contributed by atoms with van der Waals surface area (Å²) in [6.07, 6.45) is 0.279. The predicted molar refractivity (Wildman–Crippen MR) is 227 cm³/mol. The number of phenolic OH excluding ortho intramolecular Hbond substituents is 2. The molecule has 2 atom stereocenters. The first kappa shape index (κ1) is 52.4. The Labute approximate surface area is 422 Å². The summed E-state index contributed by atoms with van der Waals surface area (Å²) in [7, 11) is 0. The van der Waals surface area contributed by atoms with Crippen molar-refractivity contribution in [3.63, 3.8) is 0 Å². The summed E-state index contributed by atoms with van der Waals surface area (Å²) in [4.78, 5) is 51.9. The van der Waals surface area contributed by atoms with Crippen molar-refractivity contribution in [2.24, 2.45) is 11.5 Å². The molecule has 0 bridgehead atoms. The molecular weight excluding hydrogens is 884 g/mol. The number of hydrogen-bond acceptors (Lipinski definition) is 16. The number of fused-ring (bicyclic) bond motifs is 2. The molecular formula is C42H48B2N4Na2O16. The van der Waals surface area contributed by atoms with Crippen LogP contribution in [0.15, 0.2) is 72.8 Å². The summed E-state index contributed by atoms with van der Waals surface area (Å²) in [5.74, 6) is -2.99. The molecule has 4 aliphatic heterocycles. The Morgan fingerprint density at radius 3 is 1.24 bits per heavy atom. The minimum atomic E-state index is -3.12. The second-order valence-corrected chi connectivity index (χ2v) is 16.4. The summed E-state index contributed by atoms with van der Waals surface area (Å²) in [6.45, 7) is -5.27. The normalized spacial score (nSPS) is 17.6. The number of aryl methyl sites for hydroxylation is 2. The standard InChI is InChI=1S/2C21H24BN2O8.2Na/c2*23-16(9-12-1-4-14(25)5-2-12)20(26)24-10-15(11-24)31-17-6-3-13-7-8-22(29,30)32-19(13)18(17)21(27)28;;/h2*1-6,15-16,25,29-30H,7-11,23H2,(H,27,28);;/q2*-1;2*+1. The topological polar surface area (TPSA) is 326 Å². The molecule has 4 heterocycles. The fourth-order valence-electron chi connectivity index (χ4n) is 7.82.